The van der Waals surface area contributed by atoms with E-state index in [1.807, 2.05) is 0 Å². The van der Waals surface area contributed by atoms with Gasteiger partial charge in [-0.25, -0.2) is 0 Å². The highest BCUT2D eigenvalue weighted by Crippen LogP contribution is 2.25. The molecule has 3 unspecified atom stereocenters. The van der Waals surface area contributed by atoms with Crippen LogP contribution in [-0.4, -0.2) is 62.7 Å². The summed E-state index contributed by atoms with van der Waals surface area (Å²) in [6.45, 7) is 8.83. The zero-order chi connectivity index (χ0) is 13.7. The van der Waals surface area contributed by atoms with Crippen LogP contribution in [0.1, 0.15) is 39.0 Å². The lowest BCUT2D eigenvalue weighted by molar-refractivity contribution is 0.179. The van der Waals surface area contributed by atoms with E-state index >= 15 is 0 Å². The summed E-state index contributed by atoms with van der Waals surface area (Å²) < 4.78 is 0. The third-order valence-corrected chi connectivity index (χ3v) is 5.09. The van der Waals surface area contributed by atoms with Crippen molar-refractivity contribution in [2.24, 2.45) is 11.8 Å². The van der Waals surface area contributed by atoms with Gasteiger partial charge in [-0.2, -0.15) is 0 Å². The molecule has 0 aromatic rings. The molecule has 0 aromatic carbocycles. The van der Waals surface area contributed by atoms with E-state index < -0.39 is 0 Å². The first-order valence-corrected chi connectivity index (χ1v) is 8.26. The van der Waals surface area contributed by atoms with Crippen LogP contribution in [0.3, 0.4) is 0 Å². The van der Waals surface area contributed by atoms with E-state index in [1.54, 1.807) is 0 Å². The van der Waals surface area contributed by atoms with E-state index in [2.05, 4.69) is 36.1 Å². The third kappa shape index (κ3) is 4.73. The molecule has 2 aliphatic rings. The van der Waals surface area contributed by atoms with Crippen molar-refractivity contribution in [2.75, 3.05) is 46.8 Å². The zero-order valence-electron chi connectivity index (χ0n) is 13.2. The Morgan fingerprint density at radius 2 is 2.11 bits per heavy atom. The number of piperidine rings is 1. The number of nitrogens with zero attached hydrogens (tertiary/aromatic N) is 2. The largest absolute Gasteiger partial charge is 0.316 e. The Kier molecular flexibility index (Phi) is 6.11. The van der Waals surface area contributed by atoms with E-state index in [1.165, 1.54) is 64.8 Å². The van der Waals surface area contributed by atoms with Crippen molar-refractivity contribution >= 4 is 0 Å². The summed E-state index contributed by atoms with van der Waals surface area (Å²) in [4.78, 5) is 5.09. The lowest BCUT2D eigenvalue weighted by Crippen LogP contribution is -2.39. The van der Waals surface area contributed by atoms with Crippen molar-refractivity contribution in [3.63, 3.8) is 0 Å². The van der Waals surface area contributed by atoms with E-state index in [9.17, 15) is 0 Å². The summed E-state index contributed by atoms with van der Waals surface area (Å²) in [7, 11) is 4.40. The van der Waals surface area contributed by atoms with Gasteiger partial charge in [-0.1, -0.05) is 6.92 Å². The van der Waals surface area contributed by atoms with Crippen molar-refractivity contribution in [1.29, 1.82) is 0 Å². The summed E-state index contributed by atoms with van der Waals surface area (Å²) in [5.74, 6) is 1.80. The Hall–Kier alpha value is -0.120. The normalized spacial score (nSPS) is 30.9. The van der Waals surface area contributed by atoms with Crippen molar-refractivity contribution in [3.8, 4) is 0 Å². The molecular weight excluding hydrogens is 234 g/mol. The standard InChI is InChI=1S/C16H33N3/c1-14(15-6-4-9-17-12-15)8-11-19-10-5-7-16(19)13-18(2)3/h14-17H,4-13H2,1-3H3. The molecule has 3 heteroatoms. The van der Waals surface area contributed by atoms with E-state index in [-0.39, 0.29) is 0 Å². The maximum absolute atomic E-state index is 3.56. The fraction of sp³-hybridized carbons (Fsp3) is 1.00. The fourth-order valence-corrected chi connectivity index (χ4v) is 3.79. The lowest BCUT2D eigenvalue weighted by atomic mass is 9.85. The first kappa shape index (κ1) is 15.3. The summed E-state index contributed by atoms with van der Waals surface area (Å²) in [5, 5.41) is 3.56. The molecule has 0 saturated carbocycles. The first-order chi connectivity index (χ1) is 9.16. The Morgan fingerprint density at radius 3 is 2.79 bits per heavy atom. The van der Waals surface area contributed by atoms with E-state index in [0.29, 0.717) is 0 Å². The summed E-state index contributed by atoms with van der Waals surface area (Å²) in [5.41, 5.74) is 0. The second-order valence-corrected chi connectivity index (χ2v) is 6.97. The van der Waals surface area contributed by atoms with Gasteiger partial charge in [0.2, 0.25) is 0 Å². The van der Waals surface area contributed by atoms with Crippen molar-refractivity contribution < 1.29 is 0 Å². The van der Waals surface area contributed by atoms with Crippen LogP contribution in [0.5, 0.6) is 0 Å². The molecule has 2 fully saturated rings. The van der Waals surface area contributed by atoms with Gasteiger partial charge in [0.05, 0.1) is 0 Å². The van der Waals surface area contributed by atoms with Gasteiger partial charge in [0.25, 0.3) is 0 Å². The van der Waals surface area contributed by atoms with Gasteiger partial charge in [0.15, 0.2) is 0 Å². The number of hydrogen-bond acceptors (Lipinski definition) is 3. The second kappa shape index (κ2) is 7.61. The average Bonchev–Trinajstić information content (AvgIpc) is 2.83. The highest BCUT2D eigenvalue weighted by molar-refractivity contribution is 4.82. The number of nitrogens with one attached hydrogen (secondary N) is 1. The molecule has 112 valence electrons. The quantitative estimate of drug-likeness (QED) is 0.794. The van der Waals surface area contributed by atoms with Crippen LogP contribution in [0.15, 0.2) is 0 Å². The number of likely N-dealkylation sites (tertiary alicyclic amines) is 1. The predicted octanol–water partition coefficient (Wildman–Crippen LogP) is 2.04. The van der Waals surface area contributed by atoms with Gasteiger partial charge in [-0.15, -0.1) is 0 Å². The smallest absolute Gasteiger partial charge is 0.0223 e. The first-order valence-electron chi connectivity index (χ1n) is 8.26. The van der Waals surface area contributed by atoms with Crippen LogP contribution in [0.2, 0.25) is 0 Å². The average molecular weight is 267 g/mol. The third-order valence-electron chi connectivity index (χ3n) is 5.09. The van der Waals surface area contributed by atoms with E-state index in [4.69, 9.17) is 0 Å². The molecule has 3 nitrogen and oxygen atoms in total. The van der Waals surface area contributed by atoms with Crippen LogP contribution >= 0.6 is 0 Å². The molecule has 2 heterocycles. The molecule has 2 rings (SSSR count). The minimum atomic E-state index is 0.812. The van der Waals surface area contributed by atoms with Gasteiger partial charge in [0.1, 0.15) is 0 Å². The minimum absolute atomic E-state index is 0.812. The Morgan fingerprint density at radius 1 is 1.26 bits per heavy atom. The summed E-state index contributed by atoms with van der Waals surface area (Å²) in [6.07, 6.45) is 7.00. The van der Waals surface area contributed by atoms with Gasteiger partial charge in [-0.3, -0.25) is 4.90 Å². The maximum Gasteiger partial charge on any atom is 0.0223 e. The summed E-state index contributed by atoms with van der Waals surface area (Å²) >= 11 is 0. The number of rotatable bonds is 6. The molecule has 19 heavy (non-hydrogen) atoms. The molecule has 0 spiro atoms. The van der Waals surface area contributed by atoms with Crippen LogP contribution in [0.25, 0.3) is 0 Å². The lowest BCUT2D eigenvalue weighted by Gasteiger charge is -2.31. The SMILES string of the molecule is CC(CCN1CCCC1CN(C)C)C1CCCNC1. The molecule has 0 aliphatic carbocycles. The van der Waals surface area contributed by atoms with Crippen molar-refractivity contribution in [2.45, 2.75) is 45.1 Å². The molecule has 2 saturated heterocycles. The highest BCUT2D eigenvalue weighted by Gasteiger charge is 2.26. The number of hydrogen-bond donors (Lipinski definition) is 1. The monoisotopic (exact) mass is 267 g/mol. The molecule has 1 N–H and O–H groups in total. The molecule has 0 amide bonds. The molecule has 0 radical (unpaired) electrons. The van der Waals surface area contributed by atoms with Crippen molar-refractivity contribution in [1.82, 2.24) is 15.1 Å². The highest BCUT2D eigenvalue weighted by atomic mass is 15.2. The second-order valence-electron chi connectivity index (χ2n) is 6.97. The number of likely N-dealkylation sites (N-methyl/N-ethyl adjacent to an activating group) is 1. The topological polar surface area (TPSA) is 18.5 Å². The Bertz CT molecular complexity index is 248. The molecule has 3 atom stereocenters. The van der Waals surface area contributed by atoms with Gasteiger partial charge in [-0.05, 0) is 84.2 Å². The van der Waals surface area contributed by atoms with Crippen LogP contribution in [0, 0.1) is 11.8 Å². The van der Waals surface area contributed by atoms with Crippen molar-refractivity contribution in [3.05, 3.63) is 0 Å². The minimum Gasteiger partial charge on any atom is -0.316 e. The summed E-state index contributed by atoms with van der Waals surface area (Å²) in [6, 6.07) is 0.812. The Balaban J connectivity index is 1.71. The van der Waals surface area contributed by atoms with Gasteiger partial charge >= 0.3 is 0 Å². The predicted molar refractivity (Wildman–Crippen MR) is 82.5 cm³/mol. The van der Waals surface area contributed by atoms with Crippen LogP contribution in [-0.2, 0) is 0 Å². The zero-order valence-corrected chi connectivity index (χ0v) is 13.2. The molecular formula is C16H33N3. The van der Waals surface area contributed by atoms with Gasteiger partial charge < -0.3 is 10.2 Å². The van der Waals surface area contributed by atoms with E-state index in [0.717, 1.165) is 17.9 Å². The van der Waals surface area contributed by atoms with Gasteiger partial charge in [0, 0.05) is 12.6 Å². The molecule has 0 bridgehead atoms. The Labute approximate surface area is 119 Å². The van der Waals surface area contributed by atoms with Crippen LogP contribution in [0.4, 0.5) is 0 Å². The van der Waals surface area contributed by atoms with Crippen LogP contribution < -0.4 is 5.32 Å². The fourth-order valence-electron chi connectivity index (χ4n) is 3.79. The molecule has 2 aliphatic heterocycles. The maximum atomic E-state index is 3.56. The molecule has 0 aromatic heterocycles.